The van der Waals surface area contributed by atoms with Gasteiger partial charge in [0, 0.05) is 32.4 Å². The van der Waals surface area contributed by atoms with Crippen LogP contribution < -0.4 is 0 Å². The topological polar surface area (TPSA) is 77.8 Å². The largest absolute Gasteiger partial charge is 0.479 e. The van der Waals surface area contributed by atoms with Gasteiger partial charge in [-0.25, -0.2) is 13.6 Å². The van der Waals surface area contributed by atoms with Crippen LogP contribution >= 0.6 is 0 Å². The van der Waals surface area contributed by atoms with Crippen LogP contribution in [0.2, 0.25) is 0 Å². The first-order valence-corrected chi connectivity index (χ1v) is 7.49. The van der Waals surface area contributed by atoms with Crippen LogP contribution in [-0.4, -0.2) is 45.7 Å². The molecule has 0 spiro atoms. The second-order valence-electron chi connectivity index (χ2n) is 5.82. The number of benzene rings is 1. The number of carboxylic acids is 1. The quantitative estimate of drug-likeness (QED) is 0.863. The zero-order chi connectivity index (χ0) is 17.0. The molecule has 0 bridgehead atoms. The molecule has 1 aliphatic rings. The van der Waals surface area contributed by atoms with Crippen LogP contribution in [0.5, 0.6) is 0 Å². The van der Waals surface area contributed by atoms with Crippen molar-refractivity contribution in [1.82, 2.24) is 4.90 Å². The molecule has 1 fully saturated rings. The summed E-state index contributed by atoms with van der Waals surface area (Å²) in [4.78, 5) is 24.5. The molecule has 1 aromatic carbocycles. The molecule has 0 unspecified atom stereocenters. The molecule has 1 saturated heterocycles. The number of amides is 1. The second-order valence-corrected chi connectivity index (χ2v) is 5.82. The van der Waals surface area contributed by atoms with Crippen molar-refractivity contribution in [2.75, 3.05) is 13.1 Å². The number of piperidine rings is 1. The Labute approximate surface area is 132 Å². The number of aliphatic carboxylic acids is 1. The lowest BCUT2D eigenvalue weighted by molar-refractivity contribution is -0.165. The van der Waals surface area contributed by atoms with Gasteiger partial charge in [-0.2, -0.15) is 0 Å². The van der Waals surface area contributed by atoms with E-state index in [1.807, 2.05) is 0 Å². The lowest BCUT2D eigenvalue weighted by Gasteiger charge is -2.35. The predicted octanol–water partition coefficient (Wildman–Crippen LogP) is 1.73. The highest BCUT2D eigenvalue weighted by atomic mass is 19.2. The van der Waals surface area contributed by atoms with Crippen LogP contribution in [0.1, 0.15) is 31.2 Å². The third-order valence-electron chi connectivity index (χ3n) is 4.18. The number of carboxylic acid groups (broad SMARTS) is 1. The molecule has 1 aromatic rings. The van der Waals surface area contributed by atoms with Gasteiger partial charge in [-0.15, -0.1) is 0 Å². The molecule has 2 N–H and O–H groups in total. The van der Waals surface area contributed by atoms with Crippen LogP contribution in [0, 0.1) is 11.6 Å². The van der Waals surface area contributed by atoms with E-state index in [2.05, 4.69) is 0 Å². The molecule has 7 heteroatoms. The van der Waals surface area contributed by atoms with Gasteiger partial charge in [0.1, 0.15) is 0 Å². The highest BCUT2D eigenvalue weighted by Gasteiger charge is 2.40. The molecule has 1 aliphatic heterocycles. The number of likely N-dealkylation sites (tertiary alicyclic amines) is 1. The number of rotatable bonds is 5. The fourth-order valence-electron chi connectivity index (χ4n) is 2.64. The van der Waals surface area contributed by atoms with Crippen LogP contribution in [-0.2, 0) is 16.0 Å². The molecule has 0 atom stereocenters. The first kappa shape index (κ1) is 17.3. The van der Waals surface area contributed by atoms with E-state index in [-0.39, 0.29) is 38.3 Å². The first-order chi connectivity index (χ1) is 10.8. The standard InChI is InChI=1S/C16H19F2NO4/c17-12-5-4-11(10-13(12)18)2-1-3-14(20)19-8-6-16(23,7-9-19)15(21)22/h4-5,10,23H,1-3,6-9H2,(H,21,22). The molecule has 1 heterocycles. The summed E-state index contributed by atoms with van der Waals surface area (Å²) in [6.45, 7) is 0.402. The number of nitrogens with zero attached hydrogens (tertiary/aromatic N) is 1. The molecule has 0 aliphatic carbocycles. The predicted molar refractivity (Wildman–Crippen MR) is 77.7 cm³/mol. The first-order valence-electron chi connectivity index (χ1n) is 7.49. The van der Waals surface area contributed by atoms with Gasteiger partial charge in [0.05, 0.1) is 0 Å². The van der Waals surface area contributed by atoms with E-state index in [9.17, 15) is 23.5 Å². The molecule has 0 aromatic heterocycles. The van der Waals surface area contributed by atoms with Crippen molar-refractivity contribution in [2.24, 2.45) is 0 Å². The van der Waals surface area contributed by atoms with E-state index < -0.39 is 23.2 Å². The molecule has 1 amide bonds. The number of carbonyl (C=O) groups excluding carboxylic acids is 1. The van der Waals surface area contributed by atoms with E-state index >= 15 is 0 Å². The van der Waals surface area contributed by atoms with Gasteiger partial charge in [0.15, 0.2) is 17.2 Å². The number of hydrogen-bond donors (Lipinski definition) is 2. The van der Waals surface area contributed by atoms with Crippen LogP contribution in [0.25, 0.3) is 0 Å². The van der Waals surface area contributed by atoms with Crippen molar-refractivity contribution in [1.29, 1.82) is 0 Å². The van der Waals surface area contributed by atoms with E-state index in [1.54, 1.807) is 0 Å². The van der Waals surface area contributed by atoms with Crippen LogP contribution in [0.3, 0.4) is 0 Å². The summed E-state index contributed by atoms with van der Waals surface area (Å²) < 4.78 is 25.9. The minimum Gasteiger partial charge on any atom is -0.479 e. The molecule has 23 heavy (non-hydrogen) atoms. The minimum absolute atomic E-state index is 0.0112. The van der Waals surface area contributed by atoms with Gasteiger partial charge >= 0.3 is 5.97 Å². The Morgan fingerprint density at radius 3 is 2.39 bits per heavy atom. The third kappa shape index (κ3) is 4.25. The van der Waals surface area contributed by atoms with Crippen molar-refractivity contribution >= 4 is 11.9 Å². The number of aryl methyl sites for hydroxylation is 1. The lowest BCUT2D eigenvalue weighted by atomic mass is 9.91. The van der Waals surface area contributed by atoms with E-state index in [4.69, 9.17) is 5.11 Å². The van der Waals surface area contributed by atoms with Gasteiger partial charge in [-0.05, 0) is 30.5 Å². The highest BCUT2D eigenvalue weighted by Crippen LogP contribution is 2.23. The summed E-state index contributed by atoms with van der Waals surface area (Å²) in [5.74, 6) is -3.19. The summed E-state index contributed by atoms with van der Waals surface area (Å²) in [5.41, 5.74) is -1.13. The van der Waals surface area contributed by atoms with E-state index in [0.717, 1.165) is 12.1 Å². The molecule has 0 saturated carbocycles. The Morgan fingerprint density at radius 2 is 1.83 bits per heavy atom. The zero-order valence-electron chi connectivity index (χ0n) is 12.6. The van der Waals surface area contributed by atoms with Gasteiger partial charge in [0.25, 0.3) is 0 Å². The minimum atomic E-state index is -1.75. The van der Waals surface area contributed by atoms with Crippen molar-refractivity contribution in [3.63, 3.8) is 0 Å². The molecular formula is C16H19F2NO4. The summed E-state index contributed by atoms with van der Waals surface area (Å²) in [6, 6.07) is 3.66. The molecule has 5 nitrogen and oxygen atoms in total. The smallest absolute Gasteiger partial charge is 0.335 e. The average molecular weight is 327 g/mol. The summed E-state index contributed by atoms with van der Waals surface area (Å²) in [5, 5.41) is 18.7. The van der Waals surface area contributed by atoms with Crippen molar-refractivity contribution in [3.8, 4) is 0 Å². The number of aliphatic hydroxyl groups is 1. The SMILES string of the molecule is O=C(CCCc1ccc(F)c(F)c1)N1CCC(O)(C(=O)O)CC1. The Kier molecular flexibility index (Phi) is 5.30. The van der Waals surface area contributed by atoms with Gasteiger partial charge < -0.3 is 15.1 Å². The summed E-state index contributed by atoms with van der Waals surface area (Å²) in [6.07, 6.45) is 1.21. The normalized spacial score (nSPS) is 17.1. The Bertz CT molecular complexity index is 598. The van der Waals surface area contributed by atoms with Crippen molar-refractivity contribution in [2.45, 2.75) is 37.7 Å². The summed E-state index contributed by atoms with van der Waals surface area (Å²) >= 11 is 0. The highest BCUT2D eigenvalue weighted by molar-refractivity contribution is 5.79. The van der Waals surface area contributed by atoms with Crippen molar-refractivity contribution in [3.05, 3.63) is 35.4 Å². The number of carbonyl (C=O) groups is 2. The number of halogens is 2. The lowest BCUT2D eigenvalue weighted by Crippen LogP contribution is -2.50. The Hall–Kier alpha value is -2.02. The van der Waals surface area contributed by atoms with Crippen LogP contribution in [0.15, 0.2) is 18.2 Å². The van der Waals surface area contributed by atoms with Gasteiger partial charge in [-0.1, -0.05) is 6.07 Å². The molecule has 0 radical (unpaired) electrons. The average Bonchev–Trinajstić information content (AvgIpc) is 2.51. The second kappa shape index (κ2) is 7.04. The number of hydrogen-bond acceptors (Lipinski definition) is 3. The van der Waals surface area contributed by atoms with E-state index in [0.29, 0.717) is 18.4 Å². The maximum atomic E-state index is 13.1. The third-order valence-corrected chi connectivity index (χ3v) is 4.18. The molecule has 126 valence electrons. The maximum absolute atomic E-state index is 13.1. The summed E-state index contributed by atoms with van der Waals surface area (Å²) in [7, 11) is 0. The Balaban J connectivity index is 1.77. The van der Waals surface area contributed by atoms with Crippen molar-refractivity contribution < 1.29 is 28.6 Å². The Morgan fingerprint density at radius 1 is 1.17 bits per heavy atom. The maximum Gasteiger partial charge on any atom is 0.335 e. The fourth-order valence-corrected chi connectivity index (χ4v) is 2.64. The van der Waals surface area contributed by atoms with Gasteiger partial charge in [0.2, 0.25) is 5.91 Å². The van der Waals surface area contributed by atoms with Crippen LogP contribution in [0.4, 0.5) is 8.78 Å². The molecule has 2 rings (SSSR count). The molecular weight excluding hydrogens is 308 g/mol. The van der Waals surface area contributed by atoms with Gasteiger partial charge in [-0.3, -0.25) is 4.79 Å². The van der Waals surface area contributed by atoms with E-state index in [1.165, 1.54) is 11.0 Å². The monoisotopic (exact) mass is 327 g/mol. The zero-order valence-corrected chi connectivity index (χ0v) is 12.6. The fraction of sp³-hybridized carbons (Fsp3) is 0.500.